The molecule has 0 aromatic carbocycles. The first-order chi connectivity index (χ1) is 7.49. The largest absolute Gasteiger partial charge is 0.387 e. The lowest BCUT2D eigenvalue weighted by Gasteiger charge is -2.30. The topological polar surface area (TPSA) is 99.3 Å². The van der Waals surface area contributed by atoms with Gasteiger partial charge in [0.2, 0.25) is 0 Å². The van der Waals surface area contributed by atoms with Gasteiger partial charge in [0.1, 0.15) is 0 Å². The summed E-state index contributed by atoms with van der Waals surface area (Å²) in [6.07, 6.45) is 3.20. The summed E-state index contributed by atoms with van der Waals surface area (Å²) in [6, 6.07) is 0.149. The zero-order chi connectivity index (χ0) is 11.8. The van der Waals surface area contributed by atoms with E-state index in [-0.39, 0.29) is 17.8 Å². The normalized spacial score (nSPS) is 24.5. The van der Waals surface area contributed by atoms with Crippen LogP contribution in [0.4, 0.5) is 0 Å². The Kier molecular flexibility index (Phi) is 3.18. The molecule has 0 atom stereocenters. The maximum Gasteiger partial charge on any atom is 0.279 e. The minimum Gasteiger partial charge on any atom is -0.387 e. The molecular formula is C9H18N4O2S. The first kappa shape index (κ1) is 11.8. The van der Waals surface area contributed by atoms with Crippen LogP contribution in [0.1, 0.15) is 25.7 Å². The number of hydrogen-bond acceptors (Lipinski definition) is 3. The van der Waals surface area contributed by atoms with Crippen LogP contribution in [0.2, 0.25) is 0 Å². The molecule has 1 saturated heterocycles. The van der Waals surface area contributed by atoms with E-state index in [0.717, 1.165) is 12.8 Å². The molecule has 1 heterocycles. The predicted octanol–water partition coefficient (Wildman–Crippen LogP) is -0.369. The molecule has 0 radical (unpaired) electrons. The molecule has 2 fully saturated rings. The third-order valence-corrected chi connectivity index (χ3v) is 4.80. The molecule has 7 heteroatoms. The van der Waals surface area contributed by atoms with Gasteiger partial charge in [0.25, 0.3) is 10.2 Å². The molecule has 0 unspecified atom stereocenters. The van der Waals surface area contributed by atoms with Gasteiger partial charge in [0.05, 0.1) is 5.84 Å². The third kappa shape index (κ3) is 2.72. The Bertz CT molecular complexity index is 369. The van der Waals surface area contributed by atoms with Crippen LogP contribution in [0.3, 0.4) is 0 Å². The predicted molar refractivity (Wildman–Crippen MR) is 61.3 cm³/mol. The number of nitrogens with zero attached hydrogens (tertiary/aromatic N) is 1. The second kappa shape index (κ2) is 4.31. The summed E-state index contributed by atoms with van der Waals surface area (Å²) in [7, 11) is -3.30. The highest BCUT2D eigenvalue weighted by Gasteiger charge is 2.33. The van der Waals surface area contributed by atoms with Gasteiger partial charge >= 0.3 is 0 Å². The van der Waals surface area contributed by atoms with E-state index < -0.39 is 10.2 Å². The quantitative estimate of drug-likeness (QED) is 0.466. The Hall–Kier alpha value is -0.660. The minimum atomic E-state index is -3.30. The molecule has 0 bridgehead atoms. The SMILES string of the molecule is N=C(N)C1CCN(S(=O)(=O)NC2CC2)CC1. The lowest BCUT2D eigenvalue weighted by Crippen LogP contribution is -2.47. The molecule has 1 aliphatic carbocycles. The van der Waals surface area contributed by atoms with Crippen molar-refractivity contribution in [2.24, 2.45) is 11.7 Å². The van der Waals surface area contributed by atoms with Crippen molar-refractivity contribution in [1.29, 1.82) is 5.41 Å². The van der Waals surface area contributed by atoms with Crippen LogP contribution in [-0.2, 0) is 10.2 Å². The summed E-state index contributed by atoms with van der Waals surface area (Å²) in [5.41, 5.74) is 5.41. The molecule has 0 aromatic heterocycles. The highest BCUT2D eigenvalue weighted by atomic mass is 32.2. The van der Waals surface area contributed by atoms with E-state index in [0.29, 0.717) is 25.9 Å². The van der Waals surface area contributed by atoms with E-state index in [1.165, 1.54) is 4.31 Å². The number of nitrogens with one attached hydrogen (secondary N) is 2. The summed E-state index contributed by atoms with van der Waals surface area (Å²) < 4.78 is 27.8. The van der Waals surface area contributed by atoms with Crippen molar-refractivity contribution in [3.63, 3.8) is 0 Å². The van der Waals surface area contributed by atoms with Gasteiger partial charge in [-0.25, -0.2) is 0 Å². The zero-order valence-corrected chi connectivity index (χ0v) is 9.96. The Morgan fingerprint density at radius 2 is 1.81 bits per heavy atom. The Morgan fingerprint density at radius 3 is 2.25 bits per heavy atom. The maximum atomic E-state index is 11.8. The molecule has 2 rings (SSSR count). The standard InChI is InChI=1S/C9H18N4O2S/c10-9(11)7-3-5-13(6-4-7)16(14,15)12-8-1-2-8/h7-8,12H,1-6H2,(H3,10,11). The molecule has 4 N–H and O–H groups in total. The fourth-order valence-corrected chi connectivity index (χ4v) is 3.39. The summed E-state index contributed by atoms with van der Waals surface area (Å²) in [6.45, 7) is 0.929. The fraction of sp³-hybridized carbons (Fsp3) is 0.889. The monoisotopic (exact) mass is 246 g/mol. The molecule has 0 amide bonds. The summed E-state index contributed by atoms with van der Waals surface area (Å²) in [4.78, 5) is 0. The molecule has 92 valence electrons. The number of piperidine rings is 1. The Morgan fingerprint density at radius 1 is 1.25 bits per heavy atom. The van der Waals surface area contributed by atoms with Crippen LogP contribution in [0.5, 0.6) is 0 Å². The Balaban J connectivity index is 1.90. The molecule has 16 heavy (non-hydrogen) atoms. The van der Waals surface area contributed by atoms with Crippen LogP contribution in [0, 0.1) is 11.3 Å². The number of nitrogens with two attached hydrogens (primary N) is 1. The maximum absolute atomic E-state index is 11.8. The van der Waals surface area contributed by atoms with Gasteiger partial charge in [0.15, 0.2) is 0 Å². The molecule has 0 aromatic rings. The summed E-state index contributed by atoms with van der Waals surface area (Å²) in [5, 5.41) is 7.33. The second-order valence-electron chi connectivity index (χ2n) is 4.53. The summed E-state index contributed by atoms with van der Waals surface area (Å²) in [5.74, 6) is 0.222. The fourth-order valence-electron chi connectivity index (χ4n) is 1.89. The van der Waals surface area contributed by atoms with Gasteiger partial charge in [0, 0.05) is 25.0 Å². The van der Waals surface area contributed by atoms with Crippen LogP contribution in [0.25, 0.3) is 0 Å². The van der Waals surface area contributed by atoms with Gasteiger partial charge in [-0.05, 0) is 25.7 Å². The van der Waals surface area contributed by atoms with E-state index in [2.05, 4.69) is 4.72 Å². The number of hydrogen-bond donors (Lipinski definition) is 3. The molecular weight excluding hydrogens is 228 g/mol. The van der Waals surface area contributed by atoms with Crippen molar-refractivity contribution in [2.45, 2.75) is 31.7 Å². The zero-order valence-electron chi connectivity index (χ0n) is 9.15. The Labute approximate surface area is 95.9 Å². The van der Waals surface area contributed by atoms with E-state index in [1.54, 1.807) is 0 Å². The average Bonchev–Trinajstić information content (AvgIpc) is 3.01. The molecule has 0 spiro atoms. The van der Waals surface area contributed by atoms with Crippen molar-refractivity contribution in [2.75, 3.05) is 13.1 Å². The average molecular weight is 246 g/mol. The third-order valence-electron chi connectivity index (χ3n) is 3.13. The summed E-state index contributed by atoms with van der Waals surface area (Å²) >= 11 is 0. The first-order valence-electron chi connectivity index (χ1n) is 5.60. The van der Waals surface area contributed by atoms with Crippen molar-refractivity contribution in [3.05, 3.63) is 0 Å². The van der Waals surface area contributed by atoms with Crippen molar-refractivity contribution < 1.29 is 8.42 Å². The lowest BCUT2D eigenvalue weighted by molar-refractivity contribution is 0.310. The van der Waals surface area contributed by atoms with Crippen LogP contribution >= 0.6 is 0 Å². The highest BCUT2D eigenvalue weighted by molar-refractivity contribution is 7.87. The van der Waals surface area contributed by atoms with E-state index in [4.69, 9.17) is 11.1 Å². The van der Waals surface area contributed by atoms with Crippen LogP contribution in [0.15, 0.2) is 0 Å². The van der Waals surface area contributed by atoms with Gasteiger partial charge in [-0.15, -0.1) is 0 Å². The van der Waals surface area contributed by atoms with E-state index in [9.17, 15) is 8.42 Å². The lowest BCUT2D eigenvalue weighted by atomic mass is 9.97. The molecule has 2 aliphatic rings. The van der Waals surface area contributed by atoms with Gasteiger partial charge in [-0.2, -0.15) is 17.4 Å². The van der Waals surface area contributed by atoms with E-state index >= 15 is 0 Å². The minimum absolute atomic E-state index is 0.0485. The van der Waals surface area contributed by atoms with Crippen molar-refractivity contribution in [3.8, 4) is 0 Å². The van der Waals surface area contributed by atoms with Gasteiger partial charge < -0.3 is 5.73 Å². The number of rotatable bonds is 4. The van der Waals surface area contributed by atoms with Gasteiger partial charge in [-0.3, -0.25) is 5.41 Å². The number of amidine groups is 1. The molecule has 1 saturated carbocycles. The second-order valence-corrected chi connectivity index (χ2v) is 6.23. The molecule has 1 aliphatic heterocycles. The smallest absolute Gasteiger partial charge is 0.279 e. The van der Waals surface area contributed by atoms with E-state index in [1.807, 2.05) is 0 Å². The molecule has 6 nitrogen and oxygen atoms in total. The van der Waals surface area contributed by atoms with Crippen molar-refractivity contribution >= 4 is 16.0 Å². The van der Waals surface area contributed by atoms with Crippen molar-refractivity contribution in [1.82, 2.24) is 9.03 Å². The van der Waals surface area contributed by atoms with Gasteiger partial charge in [-0.1, -0.05) is 0 Å². The first-order valence-corrected chi connectivity index (χ1v) is 7.04. The highest BCUT2D eigenvalue weighted by Crippen LogP contribution is 2.23. The van der Waals surface area contributed by atoms with Crippen LogP contribution in [-0.4, -0.2) is 37.7 Å². The van der Waals surface area contributed by atoms with Crippen LogP contribution < -0.4 is 10.5 Å².